The number of carbonyl (C=O) groups excluding carboxylic acids is 1. The molecule has 0 spiro atoms. The summed E-state index contributed by atoms with van der Waals surface area (Å²) in [5.74, 6) is 0.980. The molecule has 0 aliphatic heterocycles. The Hall–Kier alpha value is -0.260. The summed E-state index contributed by atoms with van der Waals surface area (Å²) < 4.78 is 5.18. The Morgan fingerprint density at radius 2 is 2.12 bits per heavy atom. The fourth-order valence-electron chi connectivity index (χ4n) is 1.12. The van der Waals surface area contributed by atoms with E-state index in [9.17, 15) is 4.79 Å². The van der Waals surface area contributed by atoms with Crippen LogP contribution in [0, 0.1) is 0 Å². The van der Waals surface area contributed by atoms with Gasteiger partial charge >= 0.3 is 5.97 Å². The molecule has 0 bridgehead atoms. The molecule has 4 nitrogen and oxygen atoms in total. The van der Waals surface area contributed by atoms with Gasteiger partial charge in [-0.2, -0.15) is 0 Å². The number of aliphatic hydroxyl groups excluding tert-OH is 1. The van der Waals surface area contributed by atoms with E-state index in [0.717, 1.165) is 5.75 Å². The zero-order valence-corrected chi connectivity index (χ0v) is 11.4. The molecule has 1 unspecified atom stereocenters. The molecule has 0 fully saturated rings. The molecule has 0 aromatic heterocycles. The van der Waals surface area contributed by atoms with Crippen LogP contribution in [0.25, 0.3) is 0 Å². The molecular formula is C11H23NO3S. The molecule has 0 rings (SSSR count). The van der Waals surface area contributed by atoms with Crippen molar-refractivity contribution in [2.24, 2.45) is 0 Å². The second-order valence-corrected chi connectivity index (χ2v) is 5.63. The number of hydrogen-bond donors (Lipinski definition) is 2. The zero-order chi connectivity index (χ0) is 12.6. The lowest BCUT2D eigenvalue weighted by Gasteiger charge is -2.20. The van der Waals surface area contributed by atoms with Gasteiger partial charge in [0, 0.05) is 18.4 Å². The summed E-state index contributed by atoms with van der Waals surface area (Å²) in [4.78, 5) is 11.4. The number of thioether (sulfide) groups is 1. The first-order valence-corrected chi connectivity index (χ1v) is 6.62. The number of esters is 1. The van der Waals surface area contributed by atoms with Crippen molar-refractivity contribution < 1.29 is 14.6 Å². The van der Waals surface area contributed by atoms with Crippen molar-refractivity contribution >= 4 is 17.7 Å². The lowest BCUT2D eigenvalue weighted by Crippen LogP contribution is -2.30. The van der Waals surface area contributed by atoms with E-state index >= 15 is 0 Å². The first-order chi connectivity index (χ1) is 7.39. The van der Waals surface area contributed by atoms with Crippen LogP contribution in [-0.2, 0) is 9.53 Å². The van der Waals surface area contributed by atoms with Crippen LogP contribution < -0.4 is 5.32 Å². The van der Waals surface area contributed by atoms with E-state index in [1.807, 2.05) is 27.8 Å². The van der Waals surface area contributed by atoms with Crippen molar-refractivity contribution in [2.45, 2.75) is 38.8 Å². The second-order valence-electron chi connectivity index (χ2n) is 4.60. The molecule has 0 amide bonds. The SMILES string of the molecule is CNC(CCO)CSCC(=O)OC(C)(C)C. The summed E-state index contributed by atoms with van der Waals surface area (Å²) >= 11 is 1.53. The number of carbonyl (C=O) groups is 1. The van der Waals surface area contributed by atoms with Gasteiger partial charge in [0.1, 0.15) is 5.60 Å². The van der Waals surface area contributed by atoms with Crippen molar-refractivity contribution in [3.8, 4) is 0 Å². The van der Waals surface area contributed by atoms with E-state index in [1.54, 1.807) is 0 Å². The maximum Gasteiger partial charge on any atom is 0.316 e. The molecule has 0 heterocycles. The van der Waals surface area contributed by atoms with Crippen molar-refractivity contribution in [3.63, 3.8) is 0 Å². The van der Waals surface area contributed by atoms with Gasteiger partial charge in [-0.1, -0.05) is 0 Å². The average Bonchev–Trinajstić information content (AvgIpc) is 2.13. The van der Waals surface area contributed by atoms with Crippen LogP contribution in [0.2, 0.25) is 0 Å². The number of rotatable bonds is 7. The standard InChI is InChI=1S/C11H23NO3S/c1-11(2,3)15-10(14)8-16-7-9(12-4)5-6-13/h9,12-13H,5-8H2,1-4H3. The van der Waals surface area contributed by atoms with E-state index in [-0.39, 0.29) is 18.6 Å². The van der Waals surface area contributed by atoms with Gasteiger partial charge in [-0.25, -0.2) is 0 Å². The molecular weight excluding hydrogens is 226 g/mol. The summed E-state index contributed by atoms with van der Waals surface area (Å²) in [5, 5.41) is 11.9. The van der Waals surface area contributed by atoms with Gasteiger partial charge in [-0.3, -0.25) is 4.79 Å². The van der Waals surface area contributed by atoms with Crippen LogP contribution in [-0.4, -0.2) is 47.9 Å². The lowest BCUT2D eigenvalue weighted by molar-refractivity contribution is -0.151. The van der Waals surface area contributed by atoms with Crippen LogP contribution in [0.15, 0.2) is 0 Å². The monoisotopic (exact) mass is 249 g/mol. The van der Waals surface area contributed by atoms with E-state index in [4.69, 9.17) is 9.84 Å². The number of aliphatic hydroxyl groups is 1. The van der Waals surface area contributed by atoms with E-state index in [0.29, 0.717) is 12.2 Å². The first kappa shape index (κ1) is 15.7. The Labute approximate surface area is 102 Å². The van der Waals surface area contributed by atoms with Crippen LogP contribution in [0.1, 0.15) is 27.2 Å². The Balaban J connectivity index is 3.68. The Morgan fingerprint density at radius 3 is 2.56 bits per heavy atom. The van der Waals surface area contributed by atoms with Gasteiger partial charge in [0.25, 0.3) is 0 Å². The molecule has 16 heavy (non-hydrogen) atoms. The molecule has 1 atom stereocenters. The van der Waals surface area contributed by atoms with E-state index < -0.39 is 5.60 Å². The predicted molar refractivity (Wildman–Crippen MR) is 67.7 cm³/mol. The molecule has 0 radical (unpaired) electrons. The minimum atomic E-state index is -0.412. The average molecular weight is 249 g/mol. The minimum Gasteiger partial charge on any atom is -0.459 e. The molecule has 0 saturated carbocycles. The summed E-state index contributed by atoms with van der Waals surface area (Å²) in [5.41, 5.74) is -0.412. The quantitative estimate of drug-likeness (QED) is 0.660. The summed E-state index contributed by atoms with van der Waals surface area (Å²) in [6.45, 7) is 5.74. The Morgan fingerprint density at radius 1 is 1.50 bits per heavy atom. The molecule has 5 heteroatoms. The smallest absolute Gasteiger partial charge is 0.316 e. The van der Waals surface area contributed by atoms with Gasteiger partial charge in [0.15, 0.2) is 0 Å². The van der Waals surface area contributed by atoms with Crippen LogP contribution in [0.4, 0.5) is 0 Å². The van der Waals surface area contributed by atoms with Crippen molar-refractivity contribution in [3.05, 3.63) is 0 Å². The number of hydrogen-bond acceptors (Lipinski definition) is 5. The van der Waals surface area contributed by atoms with Crippen molar-refractivity contribution in [2.75, 3.05) is 25.2 Å². The molecule has 0 aromatic rings. The largest absolute Gasteiger partial charge is 0.459 e. The van der Waals surface area contributed by atoms with Crippen LogP contribution in [0.3, 0.4) is 0 Å². The van der Waals surface area contributed by atoms with E-state index in [1.165, 1.54) is 11.8 Å². The molecule has 0 aliphatic rings. The molecule has 0 saturated heterocycles. The van der Waals surface area contributed by atoms with Crippen molar-refractivity contribution in [1.82, 2.24) is 5.32 Å². The molecule has 96 valence electrons. The normalized spacial score (nSPS) is 13.6. The third kappa shape index (κ3) is 9.00. The first-order valence-electron chi connectivity index (χ1n) is 5.46. The third-order valence-corrected chi connectivity index (χ3v) is 2.92. The maximum atomic E-state index is 11.4. The topological polar surface area (TPSA) is 58.6 Å². The summed E-state index contributed by atoms with van der Waals surface area (Å²) in [6, 6.07) is 0.248. The summed E-state index contributed by atoms with van der Waals surface area (Å²) in [6.07, 6.45) is 0.706. The van der Waals surface area contributed by atoms with E-state index in [2.05, 4.69) is 5.32 Å². The molecule has 2 N–H and O–H groups in total. The highest BCUT2D eigenvalue weighted by atomic mass is 32.2. The molecule has 0 aromatic carbocycles. The van der Waals surface area contributed by atoms with Crippen LogP contribution >= 0.6 is 11.8 Å². The fourth-order valence-corrected chi connectivity index (χ4v) is 2.08. The second kappa shape index (κ2) is 7.92. The molecule has 0 aliphatic carbocycles. The highest BCUT2D eigenvalue weighted by molar-refractivity contribution is 7.99. The fraction of sp³-hybridized carbons (Fsp3) is 0.909. The number of nitrogens with one attached hydrogen (secondary N) is 1. The van der Waals surface area contributed by atoms with Crippen molar-refractivity contribution in [1.29, 1.82) is 0 Å². The Bertz CT molecular complexity index is 204. The highest BCUT2D eigenvalue weighted by Gasteiger charge is 2.16. The number of ether oxygens (including phenoxy) is 1. The van der Waals surface area contributed by atoms with Gasteiger partial charge < -0.3 is 15.2 Å². The maximum absolute atomic E-state index is 11.4. The Kier molecular flexibility index (Phi) is 7.80. The lowest BCUT2D eigenvalue weighted by atomic mass is 10.2. The van der Waals surface area contributed by atoms with Gasteiger partial charge in [-0.05, 0) is 34.2 Å². The summed E-state index contributed by atoms with van der Waals surface area (Å²) in [7, 11) is 1.86. The zero-order valence-electron chi connectivity index (χ0n) is 10.6. The third-order valence-electron chi connectivity index (χ3n) is 1.84. The van der Waals surface area contributed by atoms with Gasteiger partial charge in [-0.15, -0.1) is 11.8 Å². The van der Waals surface area contributed by atoms with Gasteiger partial charge in [0.2, 0.25) is 0 Å². The van der Waals surface area contributed by atoms with Gasteiger partial charge in [0.05, 0.1) is 5.75 Å². The predicted octanol–water partition coefficient (Wildman–Crippen LogP) is 1.03. The highest BCUT2D eigenvalue weighted by Crippen LogP contribution is 2.11. The minimum absolute atomic E-state index is 0.165. The van der Waals surface area contributed by atoms with Crippen LogP contribution in [0.5, 0.6) is 0 Å².